The van der Waals surface area contributed by atoms with Crippen LogP contribution in [-0.4, -0.2) is 39.6 Å². The molecule has 2 heterocycles. The molecule has 4 aromatic rings. The molecule has 0 spiro atoms. The van der Waals surface area contributed by atoms with Gasteiger partial charge < -0.3 is 14.8 Å². The number of nitrogens with zero attached hydrogens (tertiary/aromatic N) is 4. The van der Waals surface area contributed by atoms with Gasteiger partial charge in [-0.1, -0.05) is 22.9 Å². The SMILES string of the molecule is CCOc1cc(CNC(=O)c2nnn(-c3ccc(Cl)cc3)c2-c2cccnc2)ccc1OC. The summed E-state index contributed by atoms with van der Waals surface area (Å²) in [5.74, 6) is 0.899. The summed E-state index contributed by atoms with van der Waals surface area (Å²) in [7, 11) is 1.59. The van der Waals surface area contributed by atoms with E-state index in [2.05, 4.69) is 20.6 Å². The normalized spacial score (nSPS) is 10.6. The van der Waals surface area contributed by atoms with Crippen LogP contribution in [0.5, 0.6) is 11.5 Å². The summed E-state index contributed by atoms with van der Waals surface area (Å²) in [5, 5.41) is 11.9. The molecule has 0 radical (unpaired) electrons. The highest BCUT2D eigenvalue weighted by Crippen LogP contribution is 2.28. The van der Waals surface area contributed by atoms with E-state index in [1.54, 1.807) is 42.4 Å². The lowest BCUT2D eigenvalue weighted by Crippen LogP contribution is -2.24. The van der Waals surface area contributed by atoms with E-state index in [0.717, 1.165) is 11.3 Å². The van der Waals surface area contributed by atoms with E-state index >= 15 is 0 Å². The Morgan fingerprint density at radius 1 is 1.12 bits per heavy atom. The second-order valence-electron chi connectivity index (χ2n) is 7.02. The van der Waals surface area contributed by atoms with Crippen LogP contribution in [0.25, 0.3) is 16.9 Å². The van der Waals surface area contributed by atoms with E-state index in [9.17, 15) is 4.79 Å². The van der Waals surface area contributed by atoms with E-state index in [-0.39, 0.29) is 18.1 Å². The zero-order valence-electron chi connectivity index (χ0n) is 18.2. The van der Waals surface area contributed by atoms with Gasteiger partial charge in [0, 0.05) is 29.5 Å². The molecule has 1 N–H and O–H groups in total. The number of hydrogen-bond donors (Lipinski definition) is 1. The Morgan fingerprint density at radius 3 is 2.64 bits per heavy atom. The maximum absolute atomic E-state index is 13.1. The van der Waals surface area contributed by atoms with Crippen molar-refractivity contribution in [3.63, 3.8) is 0 Å². The summed E-state index contributed by atoms with van der Waals surface area (Å²) >= 11 is 6.02. The molecular weight excluding hydrogens is 442 g/mol. The summed E-state index contributed by atoms with van der Waals surface area (Å²) in [4.78, 5) is 17.3. The molecule has 2 aromatic carbocycles. The average Bonchev–Trinajstić information content (AvgIpc) is 3.29. The van der Waals surface area contributed by atoms with Crippen molar-refractivity contribution in [2.75, 3.05) is 13.7 Å². The first-order valence-corrected chi connectivity index (χ1v) is 10.7. The molecule has 0 aliphatic rings. The minimum atomic E-state index is -0.358. The standard InChI is InChI=1S/C24H22ClN5O3/c1-3-33-21-13-16(6-11-20(21)32-2)14-27-24(31)22-23(17-5-4-12-26-15-17)30(29-28-22)19-9-7-18(25)8-10-19/h4-13,15H,3,14H2,1-2H3,(H,27,31). The van der Waals surface area contributed by atoms with Crippen molar-refractivity contribution < 1.29 is 14.3 Å². The predicted octanol–water partition coefficient (Wildman–Crippen LogP) is 4.32. The van der Waals surface area contributed by atoms with Crippen LogP contribution in [-0.2, 0) is 6.54 Å². The number of benzene rings is 2. The van der Waals surface area contributed by atoms with Crippen molar-refractivity contribution >= 4 is 17.5 Å². The smallest absolute Gasteiger partial charge is 0.274 e. The maximum Gasteiger partial charge on any atom is 0.274 e. The third kappa shape index (κ3) is 4.96. The van der Waals surface area contributed by atoms with E-state index in [1.807, 2.05) is 43.3 Å². The Bertz CT molecular complexity index is 1240. The summed E-state index contributed by atoms with van der Waals surface area (Å²) in [5.41, 5.74) is 3.02. The first-order chi connectivity index (χ1) is 16.1. The van der Waals surface area contributed by atoms with Crippen molar-refractivity contribution in [3.05, 3.63) is 83.3 Å². The summed E-state index contributed by atoms with van der Waals surface area (Å²) < 4.78 is 12.5. The van der Waals surface area contributed by atoms with Gasteiger partial charge in [-0.3, -0.25) is 9.78 Å². The van der Waals surface area contributed by atoms with Crippen LogP contribution in [0.3, 0.4) is 0 Å². The van der Waals surface area contributed by atoms with Gasteiger partial charge in [-0.15, -0.1) is 5.10 Å². The van der Waals surface area contributed by atoms with Crippen LogP contribution in [0.2, 0.25) is 5.02 Å². The zero-order chi connectivity index (χ0) is 23.2. The fraction of sp³-hybridized carbons (Fsp3) is 0.167. The van der Waals surface area contributed by atoms with Gasteiger partial charge in [0.05, 0.1) is 19.4 Å². The van der Waals surface area contributed by atoms with Gasteiger partial charge in [-0.05, 0) is 61.0 Å². The van der Waals surface area contributed by atoms with Crippen molar-refractivity contribution in [2.45, 2.75) is 13.5 Å². The summed E-state index contributed by atoms with van der Waals surface area (Å²) in [6.45, 7) is 2.69. The van der Waals surface area contributed by atoms with Crippen LogP contribution >= 0.6 is 11.6 Å². The van der Waals surface area contributed by atoms with Crippen molar-refractivity contribution in [3.8, 4) is 28.4 Å². The van der Waals surface area contributed by atoms with E-state index in [0.29, 0.717) is 34.4 Å². The molecule has 0 saturated carbocycles. The fourth-order valence-electron chi connectivity index (χ4n) is 3.33. The lowest BCUT2D eigenvalue weighted by Gasteiger charge is -2.12. The molecule has 168 valence electrons. The number of pyridine rings is 1. The number of aromatic nitrogens is 4. The number of halogens is 1. The quantitative estimate of drug-likeness (QED) is 0.418. The van der Waals surface area contributed by atoms with Crippen LogP contribution in [0.1, 0.15) is 23.0 Å². The largest absolute Gasteiger partial charge is 0.493 e. The summed E-state index contributed by atoms with van der Waals surface area (Å²) in [6.07, 6.45) is 3.33. The Morgan fingerprint density at radius 2 is 1.94 bits per heavy atom. The zero-order valence-corrected chi connectivity index (χ0v) is 18.9. The van der Waals surface area contributed by atoms with Crippen LogP contribution in [0.4, 0.5) is 0 Å². The molecule has 0 aliphatic heterocycles. The number of carbonyl (C=O) groups excluding carboxylic acids is 1. The highest BCUT2D eigenvalue weighted by Gasteiger charge is 2.22. The van der Waals surface area contributed by atoms with Gasteiger partial charge in [0.25, 0.3) is 5.91 Å². The maximum atomic E-state index is 13.1. The third-order valence-corrected chi connectivity index (χ3v) is 5.12. The molecule has 0 fully saturated rings. The molecule has 33 heavy (non-hydrogen) atoms. The molecule has 9 heteroatoms. The highest BCUT2D eigenvalue weighted by molar-refractivity contribution is 6.30. The summed E-state index contributed by atoms with van der Waals surface area (Å²) in [6, 6.07) is 16.3. The minimum absolute atomic E-state index is 0.191. The highest BCUT2D eigenvalue weighted by atomic mass is 35.5. The van der Waals surface area contributed by atoms with Gasteiger partial charge in [0.15, 0.2) is 17.2 Å². The van der Waals surface area contributed by atoms with Gasteiger partial charge in [0.2, 0.25) is 0 Å². The molecule has 0 bridgehead atoms. The molecule has 2 aromatic heterocycles. The van der Waals surface area contributed by atoms with Crippen molar-refractivity contribution in [1.82, 2.24) is 25.3 Å². The van der Waals surface area contributed by atoms with Gasteiger partial charge in [-0.25, -0.2) is 4.68 Å². The number of methoxy groups -OCH3 is 1. The Kier molecular flexibility index (Phi) is 6.85. The first kappa shape index (κ1) is 22.3. The topological polar surface area (TPSA) is 91.2 Å². The molecule has 8 nitrogen and oxygen atoms in total. The molecule has 1 amide bonds. The second kappa shape index (κ2) is 10.1. The first-order valence-electron chi connectivity index (χ1n) is 10.3. The number of amides is 1. The molecule has 0 saturated heterocycles. The average molecular weight is 464 g/mol. The van der Waals surface area contributed by atoms with Crippen LogP contribution in [0, 0.1) is 0 Å². The second-order valence-corrected chi connectivity index (χ2v) is 7.45. The van der Waals surface area contributed by atoms with Gasteiger partial charge in [-0.2, -0.15) is 0 Å². The number of hydrogen-bond acceptors (Lipinski definition) is 6. The lowest BCUT2D eigenvalue weighted by molar-refractivity contribution is 0.0946. The molecule has 0 unspecified atom stereocenters. The Balaban J connectivity index is 1.63. The minimum Gasteiger partial charge on any atom is -0.493 e. The van der Waals surface area contributed by atoms with Gasteiger partial charge >= 0.3 is 0 Å². The molecule has 0 atom stereocenters. The lowest BCUT2D eigenvalue weighted by atomic mass is 10.1. The Hall–Kier alpha value is -3.91. The monoisotopic (exact) mass is 463 g/mol. The van der Waals surface area contributed by atoms with Crippen LogP contribution in [0.15, 0.2) is 67.0 Å². The number of nitrogens with one attached hydrogen (secondary N) is 1. The molecular formula is C24H22ClN5O3. The van der Waals surface area contributed by atoms with E-state index in [4.69, 9.17) is 21.1 Å². The molecule has 0 aliphatic carbocycles. The van der Waals surface area contributed by atoms with E-state index < -0.39 is 0 Å². The Labute approximate surface area is 196 Å². The van der Waals surface area contributed by atoms with Gasteiger partial charge in [0.1, 0.15) is 5.69 Å². The fourth-order valence-corrected chi connectivity index (χ4v) is 3.45. The number of rotatable bonds is 8. The predicted molar refractivity (Wildman–Crippen MR) is 125 cm³/mol. The number of carbonyl (C=O) groups is 1. The number of ether oxygens (including phenoxy) is 2. The van der Waals surface area contributed by atoms with Crippen LogP contribution < -0.4 is 14.8 Å². The van der Waals surface area contributed by atoms with Crippen molar-refractivity contribution in [2.24, 2.45) is 0 Å². The molecule has 4 rings (SSSR count). The van der Waals surface area contributed by atoms with Crippen molar-refractivity contribution in [1.29, 1.82) is 0 Å². The van der Waals surface area contributed by atoms with E-state index in [1.165, 1.54) is 0 Å². The third-order valence-electron chi connectivity index (χ3n) is 4.87.